The Kier molecular flexibility index (Phi) is 7.00. The largest absolute Gasteiger partial charge is 0.492 e. The molecule has 0 spiro atoms. The van der Waals surface area contributed by atoms with Gasteiger partial charge < -0.3 is 10.1 Å². The molecule has 3 rings (SSSR count). The fraction of sp³-hybridized carbons (Fsp3) is 0.381. The lowest BCUT2D eigenvalue weighted by Gasteiger charge is -2.32. The minimum Gasteiger partial charge on any atom is -0.492 e. The van der Waals surface area contributed by atoms with Gasteiger partial charge in [0.1, 0.15) is 5.75 Å². The van der Waals surface area contributed by atoms with Crippen LogP contribution in [0.25, 0.3) is 0 Å². The normalized spacial score (nSPS) is 17.5. The first-order valence-corrected chi connectivity index (χ1v) is 10.0. The Hall–Kier alpha value is -1.75. The van der Waals surface area contributed by atoms with Gasteiger partial charge in [0.25, 0.3) is 0 Å². The molecule has 4 nitrogen and oxygen atoms in total. The van der Waals surface area contributed by atoms with E-state index in [9.17, 15) is 4.79 Å². The predicted molar refractivity (Wildman–Crippen MR) is 111 cm³/mol. The summed E-state index contributed by atoms with van der Waals surface area (Å²) < 4.78 is 5.60. The molecular formula is C21H24Cl2N2O2. The molecule has 1 atom stereocenters. The van der Waals surface area contributed by atoms with Crippen LogP contribution in [-0.2, 0) is 11.3 Å². The van der Waals surface area contributed by atoms with Gasteiger partial charge in [-0.05, 0) is 56.1 Å². The minimum atomic E-state index is -0.0452. The summed E-state index contributed by atoms with van der Waals surface area (Å²) in [5.41, 5.74) is 1.83. The number of carbonyl (C=O) groups is 1. The van der Waals surface area contributed by atoms with E-state index in [4.69, 9.17) is 27.9 Å². The number of nitrogens with one attached hydrogen (secondary N) is 1. The molecule has 1 unspecified atom stereocenters. The number of rotatable bonds is 6. The number of halogens is 2. The molecule has 2 aromatic rings. The maximum Gasteiger partial charge on any atom is 0.228 e. The van der Waals surface area contributed by atoms with E-state index in [0.717, 1.165) is 43.7 Å². The molecule has 1 aliphatic heterocycles. The average molecular weight is 407 g/mol. The molecule has 27 heavy (non-hydrogen) atoms. The van der Waals surface area contributed by atoms with E-state index in [1.54, 1.807) is 0 Å². The van der Waals surface area contributed by atoms with Gasteiger partial charge in [0.2, 0.25) is 5.91 Å². The minimum absolute atomic E-state index is 0.0426. The van der Waals surface area contributed by atoms with Crippen LogP contribution in [0.2, 0.25) is 10.0 Å². The lowest BCUT2D eigenvalue weighted by Crippen LogP contribution is -2.40. The van der Waals surface area contributed by atoms with Crippen molar-refractivity contribution in [1.82, 2.24) is 4.90 Å². The molecule has 0 saturated carbocycles. The molecule has 1 heterocycles. The van der Waals surface area contributed by atoms with Crippen molar-refractivity contribution in [2.45, 2.75) is 26.3 Å². The number of ether oxygens (including phenoxy) is 1. The van der Waals surface area contributed by atoms with Gasteiger partial charge >= 0.3 is 0 Å². The van der Waals surface area contributed by atoms with Crippen molar-refractivity contribution in [3.63, 3.8) is 0 Å². The molecule has 1 saturated heterocycles. The Labute approximate surface area is 170 Å². The van der Waals surface area contributed by atoms with Gasteiger partial charge in [-0.3, -0.25) is 9.69 Å². The molecule has 2 aromatic carbocycles. The number of nitrogens with zero attached hydrogens (tertiary/aromatic N) is 1. The van der Waals surface area contributed by atoms with Crippen LogP contribution in [0, 0.1) is 5.92 Å². The smallest absolute Gasteiger partial charge is 0.228 e. The van der Waals surface area contributed by atoms with E-state index >= 15 is 0 Å². The average Bonchev–Trinajstić information content (AvgIpc) is 2.67. The van der Waals surface area contributed by atoms with E-state index < -0.39 is 0 Å². The molecule has 6 heteroatoms. The van der Waals surface area contributed by atoms with Crippen molar-refractivity contribution in [3.8, 4) is 5.75 Å². The van der Waals surface area contributed by atoms with Gasteiger partial charge in [0.05, 0.1) is 28.3 Å². The summed E-state index contributed by atoms with van der Waals surface area (Å²) in [6, 6.07) is 13.2. The number of anilines is 1. The quantitative estimate of drug-likeness (QED) is 0.712. The summed E-state index contributed by atoms with van der Waals surface area (Å²) in [4.78, 5) is 15.1. The molecule has 0 radical (unpaired) electrons. The SMILES string of the molecule is CCOc1ccccc1NC(=O)C1CCCN(Cc2ccc(Cl)c(Cl)c2)C1. The zero-order valence-corrected chi connectivity index (χ0v) is 16.9. The summed E-state index contributed by atoms with van der Waals surface area (Å²) in [6.07, 6.45) is 1.88. The number of amides is 1. The Balaban J connectivity index is 1.62. The Morgan fingerprint density at radius 2 is 2.04 bits per heavy atom. The highest BCUT2D eigenvalue weighted by Crippen LogP contribution is 2.27. The van der Waals surface area contributed by atoms with E-state index in [0.29, 0.717) is 22.4 Å². The Morgan fingerprint density at radius 1 is 1.22 bits per heavy atom. The number of piperidine rings is 1. The summed E-state index contributed by atoms with van der Waals surface area (Å²) in [6.45, 7) is 4.95. The van der Waals surface area contributed by atoms with Crippen LogP contribution >= 0.6 is 23.2 Å². The van der Waals surface area contributed by atoms with Crippen molar-refractivity contribution < 1.29 is 9.53 Å². The topological polar surface area (TPSA) is 41.6 Å². The van der Waals surface area contributed by atoms with E-state index in [2.05, 4.69) is 10.2 Å². The Morgan fingerprint density at radius 3 is 2.81 bits per heavy atom. The number of carbonyl (C=O) groups excluding carboxylic acids is 1. The first-order chi connectivity index (χ1) is 13.1. The molecule has 144 valence electrons. The van der Waals surface area contributed by atoms with Crippen molar-refractivity contribution >= 4 is 34.8 Å². The zero-order chi connectivity index (χ0) is 19.2. The summed E-state index contributed by atoms with van der Waals surface area (Å²) in [5.74, 6) is 0.703. The molecular weight excluding hydrogens is 383 g/mol. The Bertz CT molecular complexity index is 798. The van der Waals surface area contributed by atoms with E-state index in [1.165, 1.54) is 0 Å². The second-order valence-electron chi connectivity index (χ2n) is 6.74. The van der Waals surface area contributed by atoms with Gasteiger partial charge in [-0.15, -0.1) is 0 Å². The molecule has 0 bridgehead atoms. The molecule has 1 fully saturated rings. The van der Waals surface area contributed by atoms with Crippen molar-refractivity contribution in [2.75, 3.05) is 25.0 Å². The van der Waals surface area contributed by atoms with Crippen LogP contribution < -0.4 is 10.1 Å². The van der Waals surface area contributed by atoms with Gasteiger partial charge in [0.15, 0.2) is 0 Å². The number of likely N-dealkylation sites (tertiary alicyclic amines) is 1. The van der Waals surface area contributed by atoms with Crippen LogP contribution in [0.5, 0.6) is 5.75 Å². The monoisotopic (exact) mass is 406 g/mol. The summed E-state index contributed by atoms with van der Waals surface area (Å²) in [7, 11) is 0. The molecule has 0 aromatic heterocycles. The molecule has 1 N–H and O–H groups in total. The van der Waals surface area contributed by atoms with Crippen LogP contribution in [0.15, 0.2) is 42.5 Å². The highest BCUT2D eigenvalue weighted by Gasteiger charge is 2.26. The van der Waals surface area contributed by atoms with E-state index in [1.807, 2.05) is 49.4 Å². The molecule has 0 aliphatic carbocycles. The first kappa shape index (κ1) is 20.0. The van der Waals surface area contributed by atoms with Gasteiger partial charge in [-0.25, -0.2) is 0 Å². The maximum absolute atomic E-state index is 12.8. The lowest BCUT2D eigenvalue weighted by molar-refractivity contribution is -0.121. The van der Waals surface area contributed by atoms with Gasteiger partial charge in [0, 0.05) is 13.1 Å². The first-order valence-electron chi connectivity index (χ1n) is 9.25. The van der Waals surface area contributed by atoms with Crippen molar-refractivity contribution in [3.05, 3.63) is 58.1 Å². The zero-order valence-electron chi connectivity index (χ0n) is 15.4. The van der Waals surface area contributed by atoms with Crippen LogP contribution in [0.4, 0.5) is 5.69 Å². The fourth-order valence-electron chi connectivity index (χ4n) is 3.40. The third-order valence-electron chi connectivity index (χ3n) is 4.71. The van der Waals surface area contributed by atoms with Gasteiger partial charge in [-0.2, -0.15) is 0 Å². The standard InChI is InChI=1S/C21H24Cl2N2O2/c1-2-27-20-8-4-3-7-19(20)24-21(26)16-6-5-11-25(14-16)13-15-9-10-17(22)18(23)12-15/h3-4,7-10,12,16H,2,5-6,11,13-14H2,1H3,(H,24,26). The van der Waals surface area contributed by atoms with Crippen molar-refractivity contribution in [2.24, 2.45) is 5.92 Å². The number of benzene rings is 2. The summed E-state index contributed by atoms with van der Waals surface area (Å²) in [5, 5.41) is 4.16. The van der Waals surface area contributed by atoms with Crippen LogP contribution in [-0.4, -0.2) is 30.5 Å². The maximum atomic E-state index is 12.8. The number of hydrogen-bond donors (Lipinski definition) is 1. The summed E-state index contributed by atoms with van der Waals surface area (Å²) >= 11 is 12.1. The third kappa shape index (κ3) is 5.38. The highest BCUT2D eigenvalue weighted by atomic mass is 35.5. The second-order valence-corrected chi connectivity index (χ2v) is 7.56. The highest BCUT2D eigenvalue weighted by molar-refractivity contribution is 6.42. The number of hydrogen-bond acceptors (Lipinski definition) is 3. The second kappa shape index (κ2) is 9.45. The lowest BCUT2D eigenvalue weighted by atomic mass is 9.96. The molecule has 1 amide bonds. The predicted octanol–water partition coefficient (Wildman–Crippen LogP) is 5.24. The van der Waals surface area contributed by atoms with Crippen LogP contribution in [0.3, 0.4) is 0 Å². The van der Waals surface area contributed by atoms with Gasteiger partial charge in [-0.1, -0.05) is 41.4 Å². The molecule has 1 aliphatic rings. The number of para-hydroxylation sites is 2. The van der Waals surface area contributed by atoms with E-state index in [-0.39, 0.29) is 11.8 Å². The van der Waals surface area contributed by atoms with Crippen LogP contribution in [0.1, 0.15) is 25.3 Å². The third-order valence-corrected chi connectivity index (χ3v) is 5.45. The van der Waals surface area contributed by atoms with Crippen molar-refractivity contribution in [1.29, 1.82) is 0 Å². The fourth-order valence-corrected chi connectivity index (χ4v) is 3.72.